The molecule has 0 bridgehead atoms. The van der Waals surface area contributed by atoms with Crippen LogP contribution in [-0.2, 0) is 10.8 Å². The first-order valence-corrected chi connectivity index (χ1v) is 20.3. The molecule has 0 saturated carbocycles. The van der Waals surface area contributed by atoms with Crippen molar-refractivity contribution in [1.29, 1.82) is 0 Å². The van der Waals surface area contributed by atoms with Crippen molar-refractivity contribution in [2.75, 3.05) is 4.90 Å². The number of hydrogen-bond donors (Lipinski definition) is 0. The van der Waals surface area contributed by atoms with Gasteiger partial charge in [0.2, 0.25) is 0 Å². The maximum Gasteiger partial charge on any atom is 0.140 e. The highest BCUT2D eigenvalue weighted by atomic mass is 16.5. The Morgan fingerprint density at radius 2 is 0.966 bits per heavy atom. The highest BCUT2D eigenvalue weighted by Gasteiger charge is 2.51. The Bertz CT molecular complexity index is 3140. The number of hydrogen-bond acceptors (Lipinski definition) is 2. The summed E-state index contributed by atoms with van der Waals surface area (Å²) in [6, 6.07) is 73.7. The van der Waals surface area contributed by atoms with Crippen molar-refractivity contribution in [1.82, 2.24) is 0 Å². The monoisotopic (exact) mass is 741 g/mol. The number of rotatable bonds is 4. The molecule has 1 unspecified atom stereocenters. The predicted octanol–water partition coefficient (Wildman–Crippen LogP) is 14.8. The van der Waals surface area contributed by atoms with Crippen LogP contribution in [0.15, 0.2) is 200 Å². The smallest absolute Gasteiger partial charge is 0.140 e. The second-order valence-electron chi connectivity index (χ2n) is 16.4. The van der Waals surface area contributed by atoms with Gasteiger partial charge in [-0.3, -0.25) is 0 Å². The van der Waals surface area contributed by atoms with E-state index in [2.05, 4.69) is 219 Å². The van der Waals surface area contributed by atoms with E-state index in [9.17, 15) is 0 Å². The zero-order chi connectivity index (χ0) is 38.6. The molecule has 3 aliphatic rings. The minimum Gasteiger partial charge on any atom is -0.456 e. The molecule has 0 radical (unpaired) electrons. The lowest BCUT2D eigenvalue weighted by Crippen LogP contribution is -2.32. The SMILES string of the molecule is CC1(C)c2ccccc2-c2ccc(N(c3ccc4c(c3)C3(c5ccccc5Oc5c3ccc3ccccc53)c3ccccc3-4)c3ccccc3-c3ccccc3)cc21. The second-order valence-corrected chi connectivity index (χ2v) is 16.4. The van der Waals surface area contributed by atoms with Crippen LogP contribution in [-0.4, -0.2) is 0 Å². The Kier molecular flexibility index (Phi) is 6.93. The molecule has 9 aromatic carbocycles. The van der Waals surface area contributed by atoms with Gasteiger partial charge < -0.3 is 9.64 Å². The summed E-state index contributed by atoms with van der Waals surface area (Å²) in [4.78, 5) is 2.49. The van der Waals surface area contributed by atoms with Crippen molar-refractivity contribution in [3.05, 3.63) is 234 Å². The van der Waals surface area contributed by atoms with Crippen LogP contribution < -0.4 is 9.64 Å². The van der Waals surface area contributed by atoms with Gasteiger partial charge in [-0.05, 0) is 91.9 Å². The third kappa shape index (κ3) is 4.43. The molecular formula is C56H39NO. The molecule has 12 rings (SSSR count). The number of fused-ring (bicyclic) bond motifs is 14. The summed E-state index contributed by atoms with van der Waals surface area (Å²) in [5.41, 5.74) is 17.7. The van der Waals surface area contributed by atoms with Gasteiger partial charge in [-0.15, -0.1) is 0 Å². The fourth-order valence-electron chi connectivity index (χ4n) is 10.5. The molecule has 9 aromatic rings. The van der Waals surface area contributed by atoms with Gasteiger partial charge in [0.05, 0.1) is 11.1 Å². The molecule has 58 heavy (non-hydrogen) atoms. The van der Waals surface area contributed by atoms with Crippen molar-refractivity contribution in [2.45, 2.75) is 24.7 Å². The Hall–Kier alpha value is -7.16. The first-order chi connectivity index (χ1) is 28.5. The van der Waals surface area contributed by atoms with Crippen molar-refractivity contribution >= 4 is 27.8 Å². The fraction of sp³-hybridized carbons (Fsp3) is 0.0714. The van der Waals surface area contributed by atoms with E-state index in [-0.39, 0.29) is 5.41 Å². The van der Waals surface area contributed by atoms with E-state index in [1.54, 1.807) is 0 Å². The predicted molar refractivity (Wildman–Crippen MR) is 239 cm³/mol. The molecule has 1 aliphatic heterocycles. The summed E-state index contributed by atoms with van der Waals surface area (Å²) in [5, 5.41) is 2.29. The molecule has 0 amide bonds. The van der Waals surface area contributed by atoms with Crippen LogP contribution in [0, 0.1) is 0 Å². The van der Waals surface area contributed by atoms with E-state index in [1.165, 1.54) is 66.6 Å². The van der Waals surface area contributed by atoms with E-state index >= 15 is 0 Å². The molecule has 1 atom stereocenters. The zero-order valence-corrected chi connectivity index (χ0v) is 32.4. The molecule has 0 aromatic heterocycles. The van der Waals surface area contributed by atoms with Gasteiger partial charge >= 0.3 is 0 Å². The van der Waals surface area contributed by atoms with Gasteiger partial charge in [-0.1, -0.05) is 178 Å². The Morgan fingerprint density at radius 3 is 1.76 bits per heavy atom. The summed E-state index contributed by atoms with van der Waals surface area (Å²) < 4.78 is 6.97. The van der Waals surface area contributed by atoms with E-state index < -0.39 is 5.41 Å². The highest BCUT2D eigenvalue weighted by molar-refractivity contribution is 5.98. The quantitative estimate of drug-likeness (QED) is 0.178. The number of ether oxygens (including phenoxy) is 1. The van der Waals surface area contributed by atoms with Gasteiger partial charge in [0.25, 0.3) is 0 Å². The van der Waals surface area contributed by atoms with Crippen molar-refractivity contribution < 1.29 is 4.74 Å². The summed E-state index contributed by atoms with van der Waals surface area (Å²) in [5.74, 6) is 1.82. The van der Waals surface area contributed by atoms with Gasteiger partial charge in [-0.25, -0.2) is 0 Å². The van der Waals surface area contributed by atoms with Gasteiger partial charge in [0.15, 0.2) is 0 Å². The summed E-state index contributed by atoms with van der Waals surface area (Å²) in [6.45, 7) is 4.73. The largest absolute Gasteiger partial charge is 0.456 e. The molecule has 2 heteroatoms. The molecule has 0 N–H and O–H groups in total. The zero-order valence-electron chi connectivity index (χ0n) is 32.4. The molecule has 0 saturated heterocycles. The minimum absolute atomic E-state index is 0.144. The van der Waals surface area contributed by atoms with E-state index in [1.807, 2.05) is 0 Å². The van der Waals surface area contributed by atoms with Crippen LogP contribution in [0.4, 0.5) is 17.1 Å². The summed E-state index contributed by atoms with van der Waals surface area (Å²) in [7, 11) is 0. The molecule has 2 aliphatic carbocycles. The lowest BCUT2D eigenvalue weighted by molar-refractivity contribution is 0.441. The maximum absolute atomic E-state index is 6.97. The lowest BCUT2D eigenvalue weighted by Gasteiger charge is -2.40. The number of benzene rings is 9. The number of para-hydroxylation sites is 2. The van der Waals surface area contributed by atoms with Crippen molar-refractivity contribution in [3.63, 3.8) is 0 Å². The second kappa shape index (κ2) is 12.2. The van der Waals surface area contributed by atoms with Crippen molar-refractivity contribution in [3.8, 4) is 44.9 Å². The van der Waals surface area contributed by atoms with Crippen LogP contribution in [0.5, 0.6) is 11.5 Å². The summed E-state index contributed by atoms with van der Waals surface area (Å²) in [6.07, 6.45) is 0. The molecular weight excluding hydrogens is 703 g/mol. The normalized spacial score (nSPS) is 16.1. The Balaban J connectivity index is 1.16. The van der Waals surface area contributed by atoms with E-state index in [0.717, 1.165) is 39.5 Å². The van der Waals surface area contributed by atoms with Crippen molar-refractivity contribution in [2.24, 2.45) is 0 Å². The average Bonchev–Trinajstić information content (AvgIpc) is 3.69. The average molecular weight is 742 g/mol. The maximum atomic E-state index is 6.97. The molecule has 1 heterocycles. The van der Waals surface area contributed by atoms with E-state index in [0.29, 0.717) is 0 Å². The van der Waals surface area contributed by atoms with Crippen LogP contribution >= 0.6 is 0 Å². The first-order valence-electron chi connectivity index (χ1n) is 20.3. The summed E-state index contributed by atoms with van der Waals surface area (Å²) >= 11 is 0. The molecule has 0 fully saturated rings. The number of anilines is 3. The molecule has 2 nitrogen and oxygen atoms in total. The number of nitrogens with zero attached hydrogens (tertiary/aromatic N) is 1. The fourth-order valence-corrected chi connectivity index (χ4v) is 10.5. The third-order valence-electron chi connectivity index (χ3n) is 13.1. The van der Waals surface area contributed by atoms with Crippen LogP contribution in [0.3, 0.4) is 0 Å². The van der Waals surface area contributed by atoms with E-state index in [4.69, 9.17) is 4.74 Å². The van der Waals surface area contributed by atoms with Crippen LogP contribution in [0.1, 0.15) is 47.2 Å². The van der Waals surface area contributed by atoms with Gasteiger partial charge in [-0.2, -0.15) is 0 Å². The lowest BCUT2D eigenvalue weighted by atomic mass is 9.65. The highest BCUT2D eigenvalue weighted by Crippen LogP contribution is 2.64. The standard InChI is InChI=1S/C56H39NO/c1-55(2)46-23-11-8-21-42(46)44-31-29-38(34-50(44)55)57(52-26-14-10-19-40(52)36-16-4-3-5-17-36)39-30-32-45-43-22-9-12-24-47(43)56(51(45)35-39)48-25-13-15-27-53(48)58-54-41-20-7-6-18-37(41)28-33-49(54)56/h3-35H,1-2H3. The topological polar surface area (TPSA) is 12.5 Å². The third-order valence-corrected chi connectivity index (χ3v) is 13.1. The minimum atomic E-state index is -0.609. The molecule has 274 valence electrons. The van der Waals surface area contributed by atoms with Gasteiger partial charge in [0, 0.05) is 38.9 Å². The van der Waals surface area contributed by atoms with Crippen LogP contribution in [0.25, 0.3) is 44.2 Å². The Labute approximate surface area is 339 Å². The van der Waals surface area contributed by atoms with Crippen LogP contribution in [0.2, 0.25) is 0 Å². The Morgan fingerprint density at radius 1 is 0.397 bits per heavy atom. The first kappa shape index (κ1) is 33.0. The molecule has 1 spiro atoms. The van der Waals surface area contributed by atoms with Gasteiger partial charge in [0.1, 0.15) is 11.5 Å².